The molecule has 0 spiro atoms. The number of nitrogens with one attached hydrogen (secondary N) is 1. The van der Waals surface area contributed by atoms with Gasteiger partial charge >= 0.3 is 48.5 Å². The van der Waals surface area contributed by atoms with E-state index < -0.39 is 0 Å². The van der Waals surface area contributed by atoms with Crippen molar-refractivity contribution < 1.29 is 0 Å². The SMILES string of the molecule is [Te]c1ncc[nH]1. The average Bonchev–Trinajstić information content (AvgIpc) is 1.86. The molecule has 1 heterocycles. The van der Waals surface area contributed by atoms with E-state index in [9.17, 15) is 0 Å². The first kappa shape index (κ1) is 4.17. The van der Waals surface area contributed by atoms with Crippen molar-refractivity contribution >= 4 is 26.2 Å². The third-order valence-corrected chi connectivity index (χ3v) is 1.11. The molecule has 0 unspecified atom stereocenters. The van der Waals surface area contributed by atoms with Crippen molar-refractivity contribution in [3.05, 3.63) is 12.4 Å². The number of H-pyrrole nitrogens is 1. The molecule has 0 aliphatic rings. The predicted molar refractivity (Wildman–Crippen MR) is 24.0 cm³/mol. The molecule has 31 valence electrons. The Morgan fingerprint density at radius 2 is 2.67 bits per heavy atom. The van der Waals surface area contributed by atoms with Gasteiger partial charge in [-0.1, -0.05) is 0 Å². The van der Waals surface area contributed by atoms with E-state index in [1.807, 2.05) is 22.3 Å². The first-order valence-corrected chi connectivity index (χ1v) is 2.72. The Labute approximate surface area is 48.9 Å². The van der Waals surface area contributed by atoms with E-state index in [0.717, 1.165) is 3.87 Å². The quantitative estimate of drug-likeness (QED) is 0.539. The third kappa shape index (κ3) is 0.735. The van der Waals surface area contributed by atoms with E-state index in [1.165, 1.54) is 0 Å². The van der Waals surface area contributed by atoms with Crippen LogP contribution in [0, 0.1) is 0 Å². The van der Waals surface area contributed by atoms with Crippen LogP contribution in [0.25, 0.3) is 0 Å². The van der Waals surface area contributed by atoms with Crippen molar-refractivity contribution in [3.8, 4) is 0 Å². The van der Waals surface area contributed by atoms with E-state index in [2.05, 4.69) is 9.97 Å². The predicted octanol–water partition coefficient (Wildman–Crippen LogP) is -0.797. The van der Waals surface area contributed by atoms with Crippen molar-refractivity contribution in [2.45, 2.75) is 0 Å². The molecule has 1 rings (SSSR count). The van der Waals surface area contributed by atoms with Crippen LogP contribution in [0.4, 0.5) is 0 Å². The summed E-state index contributed by atoms with van der Waals surface area (Å²) in [4.78, 5) is 6.76. The van der Waals surface area contributed by atoms with Gasteiger partial charge < -0.3 is 0 Å². The Bertz CT molecular complexity index is 112. The van der Waals surface area contributed by atoms with Crippen LogP contribution in [0.2, 0.25) is 0 Å². The Morgan fingerprint density at radius 3 is 2.83 bits per heavy atom. The van der Waals surface area contributed by atoms with Gasteiger partial charge in [0, 0.05) is 0 Å². The number of imidazole rings is 1. The van der Waals surface area contributed by atoms with Gasteiger partial charge in [-0.2, -0.15) is 0 Å². The Morgan fingerprint density at radius 1 is 1.83 bits per heavy atom. The summed E-state index contributed by atoms with van der Waals surface area (Å²) >= 11 is 1.85. The second kappa shape index (κ2) is 1.63. The molecule has 0 aromatic carbocycles. The minimum absolute atomic E-state index is 0.978. The number of nitrogens with zero attached hydrogens (tertiary/aromatic N) is 1. The summed E-state index contributed by atoms with van der Waals surface area (Å²) in [6, 6.07) is 0. The molecular formula is C3H3N2Te. The maximum absolute atomic E-state index is 3.87. The van der Waals surface area contributed by atoms with Gasteiger partial charge in [-0.3, -0.25) is 0 Å². The standard InChI is InChI=1S/C3H3N2Te/c6-3-4-1-2-5-3/h1-2H,(H,4,5). The summed E-state index contributed by atoms with van der Waals surface area (Å²) in [5.74, 6) is 0. The van der Waals surface area contributed by atoms with Crippen LogP contribution in [-0.2, 0) is 0 Å². The van der Waals surface area contributed by atoms with Crippen LogP contribution in [-0.4, -0.2) is 32.3 Å². The number of hydrogen-bond acceptors (Lipinski definition) is 1. The zero-order valence-corrected chi connectivity index (χ0v) is 5.34. The molecule has 3 heteroatoms. The molecule has 0 aliphatic heterocycles. The summed E-state index contributed by atoms with van der Waals surface area (Å²) in [6.07, 6.45) is 3.54. The molecule has 2 nitrogen and oxygen atoms in total. The zero-order valence-electron chi connectivity index (χ0n) is 3.01. The van der Waals surface area contributed by atoms with Gasteiger partial charge in [-0.05, 0) is 0 Å². The normalized spacial score (nSPS) is 8.67. The first-order chi connectivity index (χ1) is 2.89. The van der Waals surface area contributed by atoms with Gasteiger partial charge in [0.2, 0.25) is 0 Å². The molecule has 1 aromatic heterocycles. The Kier molecular flexibility index (Phi) is 1.13. The number of aromatic amines is 1. The van der Waals surface area contributed by atoms with Crippen LogP contribution in [0.5, 0.6) is 0 Å². The molecule has 6 heavy (non-hydrogen) atoms. The summed E-state index contributed by atoms with van der Waals surface area (Å²) in [7, 11) is 0. The second-order valence-corrected chi connectivity index (χ2v) is 2.00. The van der Waals surface area contributed by atoms with Gasteiger partial charge in [0.1, 0.15) is 0 Å². The number of rotatable bonds is 0. The minimum atomic E-state index is 0.978. The van der Waals surface area contributed by atoms with E-state index >= 15 is 0 Å². The van der Waals surface area contributed by atoms with Crippen LogP contribution in [0.3, 0.4) is 0 Å². The second-order valence-electron chi connectivity index (χ2n) is 0.894. The van der Waals surface area contributed by atoms with Crippen molar-refractivity contribution in [1.29, 1.82) is 0 Å². The average molecular weight is 195 g/mol. The molecule has 0 bridgehead atoms. The van der Waals surface area contributed by atoms with E-state index in [4.69, 9.17) is 0 Å². The topological polar surface area (TPSA) is 28.7 Å². The molecule has 0 saturated heterocycles. The van der Waals surface area contributed by atoms with Crippen molar-refractivity contribution in [2.75, 3.05) is 0 Å². The fourth-order valence-corrected chi connectivity index (χ4v) is 0.619. The van der Waals surface area contributed by atoms with Crippen LogP contribution >= 0.6 is 0 Å². The zero-order chi connectivity index (χ0) is 4.41. The van der Waals surface area contributed by atoms with Gasteiger partial charge in [-0.25, -0.2) is 0 Å². The van der Waals surface area contributed by atoms with Gasteiger partial charge in [0.25, 0.3) is 0 Å². The van der Waals surface area contributed by atoms with Crippen molar-refractivity contribution in [2.24, 2.45) is 0 Å². The molecule has 0 atom stereocenters. The molecule has 0 fully saturated rings. The molecular weight excluding hydrogens is 192 g/mol. The van der Waals surface area contributed by atoms with E-state index in [0.29, 0.717) is 0 Å². The summed E-state index contributed by atoms with van der Waals surface area (Å²) < 4.78 is 0.978. The Balaban J connectivity index is 3.05. The van der Waals surface area contributed by atoms with Crippen molar-refractivity contribution in [1.82, 2.24) is 9.97 Å². The summed E-state index contributed by atoms with van der Waals surface area (Å²) in [5.41, 5.74) is 0. The molecule has 1 radical (unpaired) electrons. The molecule has 1 N–H and O–H groups in total. The Hall–Kier alpha value is -0.000390. The molecule has 0 amide bonds. The van der Waals surface area contributed by atoms with Crippen LogP contribution in [0.1, 0.15) is 0 Å². The first-order valence-electron chi connectivity index (χ1n) is 1.56. The van der Waals surface area contributed by atoms with Gasteiger partial charge in [0.15, 0.2) is 0 Å². The van der Waals surface area contributed by atoms with Crippen LogP contribution < -0.4 is 3.87 Å². The van der Waals surface area contributed by atoms with E-state index in [1.54, 1.807) is 12.4 Å². The van der Waals surface area contributed by atoms with Crippen molar-refractivity contribution in [3.63, 3.8) is 0 Å². The summed E-state index contributed by atoms with van der Waals surface area (Å²) in [5, 5.41) is 0. The fraction of sp³-hybridized carbons (Fsp3) is 0. The number of aromatic nitrogens is 2. The molecule has 0 saturated carbocycles. The third-order valence-electron chi connectivity index (χ3n) is 0.473. The van der Waals surface area contributed by atoms with E-state index in [-0.39, 0.29) is 0 Å². The molecule has 0 aliphatic carbocycles. The van der Waals surface area contributed by atoms with Crippen LogP contribution in [0.15, 0.2) is 12.4 Å². The molecule has 1 aromatic rings. The maximum atomic E-state index is 3.87. The van der Waals surface area contributed by atoms with Gasteiger partial charge in [0.05, 0.1) is 0 Å². The summed E-state index contributed by atoms with van der Waals surface area (Å²) in [6.45, 7) is 0. The number of hydrogen-bond donors (Lipinski definition) is 1. The fourth-order valence-electron chi connectivity index (χ4n) is 0.251. The van der Waals surface area contributed by atoms with Gasteiger partial charge in [-0.15, -0.1) is 0 Å². The monoisotopic (exact) mass is 197 g/mol.